The zero-order valence-corrected chi connectivity index (χ0v) is 12.6. The van der Waals surface area contributed by atoms with E-state index >= 15 is 0 Å². The molecule has 1 aromatic heterocycles. The van der Waals surface area contributed by atoms with Crippen molar-refractivity contribution in [1.82, 2.24) is 10.3 Å². The third-order valence-electron chi connectivity index (χ3n) is 4.81. The summed E-state index contributed by atoms with van der Waals surface area (Å²) < 4.78 is 0. The van der Waals surface area contributed by atoms with E-state index in [0.717, 1.165) is 29.2 Å². The van der Waals surface area contributed by atoms with E-state index in [9.17, 15) is 4.79 Å². The first-order valence-electron chi connectivity index (χ1n) is 7.79. The van der Waals surface area contributed by atoms with Gasteiger partial charge in [0, 0.05) is 35.3 Å². The maximum absolute atomic E-state index is 12.8. The number of nitrogens with one attached hydrogen (secondary N) is 1. The highest BCUT2D eigenvalue weighted by Gasteiger charge is 2.33. The molecule has 3 nitrogen and oxygen atoms in total. The number of aromatic nitrogens is 1. The Hall–Kier alpha value is -1.74. The minimum absolute atomic E-state index is 0.0215. The summed E-state index contributed by atoms with van der Waals surface area (Å²) >= 11 is 0. The lowest BCUT2D eigenvalue weighted by Gasteiger charge is -2.36. The van der Waals surface area contributed by atoms with Crippen molar-refractivity contribution in [2.45, 2.75) is 44.1 Å². The Morgan fingerprint density at radius 3 is 2.71 bits per heavy atom. The number of hydrogen-bond acceptors (Lipinski definition) is 3. The van der Waals surface area contributed by atoms with Crippen molar-refractivity contribution in [3.05, 3.63) is 42.2 Å². The summed E-state index contributed by atoms with van der Waals surface area (Å²) in [5.41, 5.74) is 0.736. The minimum atomic E-state index is -0.0215. The zero-order chi connectivity index (χ0) is 14.7. The van der Waals surface area contributed by atoms with Gasteiger partial charge in [0.25, 0.3) is 0 Å². The Morgan fingerprint density at radius 2 is 1.95 bits per heavy atom. The van der Waals surface area contributed by atoms with Crippen molar-refractivity contribution in [2.75, 3.05) is 7.05 Å². The van der Waals surface area contributed by atoms with E-state index in [4.69, 9.17) is 0 Å². The maximum atomic E-state index is 12.8. The second kappa shape index (κ2) is 5.94. The van der Waals surface area contributed by atoms with Crippen LogP contribution in [0, 0.1) is 0 Å². The molecule has 0 saturated heterocycles. The molecule has 1 aromatic carbocycles. The molecule has 2 aromatic rings. The fourth-order valence-corrected chi connectivity index (χ4v) is 3.48. The van der Waals surface area contributed by atoms with Gasteiger partial charge in [-0.25, -0.2) is 0 Å². The number of benzene rings is 1. The maximum Gasteiger partial charge on any atom is 0.166 e. The van der Waals surface area contributed by atoms with Crippen LogP contribution in [0.2, 0.25) is 0 Å². The molecule has 110 valence electrons. The van der Waals surface area contributed by atoms with Gasteiger partial charge in [-0.2, -0.15) is 0 Å². The lowest BCUT2D eigenvalue weighted by atomic mass is 9.77. The Labute approximate surface area is 125 Å². The number of carbonyl (C=O) groups is 1. The van der Waals surface area contributed by atoms with Gasteiger partial charge in [0.2, 0.25) is 0 Å². The quantitative estimate of drug-likeness (QED) is 0.869. The van der Waals surface area contributed by atoms with Crippen molar-refractivity contribution in [3.8, 4) is 0 Å². The van der Waals surface area contributed by atoms with E-state index < -0.39 is 0 Å². The van der Waals surface area contributed by atoms with Crippen LogP contribution < -0.4 is 5.32 Å². The van der Waals surface area contributed by atoms with Crippen molar-refractivity contribution >= 4 is 16.6 Å². The van der Waals surface area contributed by atoms with E-state index in [1.165, 1.54) is 19.3 Å². The molecule has 21 heavy (non-hydrogen) atoms. The molecule has 1 aliphatic carbocycles. The van der Waals surface area contributed by atoms with Gasteiger partial charge in [-0.05, 0) is 25.3 Å². The highest BCUT2D eigenvalue weighted by molar-refractivity contribution is 6.08. The Bertz CT molecular complexity index is 639. The molecule has 0 amide bonds. The summed E-state index contributed by atoms with van der Waals surface area (Å²) in [5, 5.41) is 5.47. The fraction of sp³-hybridized carbons (Fsp3) is 0.444. The van der Waals surface area contributed by atoms with Crippen molar-refractivity contribution in [1.29, 1.82) is 0 Å². The first kappa shape index (κ1) is 14.2. The molecule has 0 atom stereocenters. The minimum Gasteiger partial charge on any atom is -0.314 e. The van der Waals surface area contributed by atoms with Gasteiger partial charge in [0.1, 0.15) is 0 Å². The third kappa shape index (κ3) is 2.84. The Kier molecular flexibility index (Phi) is 4.02. The largest absolute Gasteiger partial charge is 0.314 e. The molecule has 1 fully saturated rings. The van der Waals surface area contributed by atoms with Crippen LogP contribution in [0.4, 0.5) is 0 Å². The molecule has 0 radical (unpaired) electrons. The molecule has 0 spiro atoms. The molecule has 1 aliphatic rings. The third-order valence-corrected chi connectivity index (χ3v) is 4.81. The molecule has 0 bridgehead atoms. The van der Waals surface area contributed by atoms with Gasteiger partial charge >= 0.3 is 0 Å². The molecule has 1 N–H and O–H groups in total. The van der Waals surface area contributed by atoms with Gasteiger partial charge in [-0.15, -0.1) is 0 Å². The average molecular weight is 282 g/mol. The molecular formula is C18H22N2O. The smallest absolute Gasteiger partial charge is 0.166 e. The molecular weight excluding hydrogens is 260 g/mol. The van der Waals surface area contributed by atoms with Gasteiger partial charge in [0.05, 0.1) is 0 Å². The lowest BCUT2D eigenvalue weighted by Crippen LogP contribution is -2.46. The van der Waals surface area contributed by atoms with Gasteiger partial charge in [0.15, 0.2) is 5.78 Å². The topological polar surface area (TPSA) is 42.0 Å². The van der Waals surface area contributed by atoms with Gasteiger partial charge < -0.3 is 5.32 Å². The predicted molar refractivity (Wildman–Crippen MR) is 85.6 cm³/mol. The number of fused-ring (bicyclic) bond motifs is 1. The van der Waals surface area contributed by atoms with Crippen LogP contribution in [0.25, 0.3) is 10.8 Å². The van der Waals surface area contributed by atoms with E-state index in [1.54, 1.807) is 6.20 Å². The fourth-order valence-electron chi connectivity index (χ4n) is 3.48. The molecule has 1 saturated carbocycles. The summed E-state index contributed by atoms with van der Waals surface area (Å²) in [4.78, 5) is 17.0. The first-order chi connectivity index (χ1) is 10.2. The summed E-state index contributed by atoms with van der Waals surface area (Å²) in [7, 11) is 1.99. The number of Topliss-reactive ketones (excluding diaryl/α,β-unsaturated/α-hetero) is 1. The van der Waals surface area contributed by atoms with Crippen LogP contribution in [0.5, 0.6) is 0 Å². The molecule has 0 aliphatic heterocycles. The number of ketones is 1. The number of nitrogens with zero attached hydrogens (tertiary/aromatic N) is 1. The van der Waals surface area contributed by atoms with Crippen LogP contribution in [0.1, 0.15) is 48.9 Å². The number of pyridine rings is 1. The van der Waals surface area contributed by atoms with Crippen molar-refractivity contribution < 1.29 is 4.79 Å². The predicted octanol–water partition coefficient (Wildman–Crippen LogP) is 3.73. The van der Waals surface area contributed by atoms with Crippen LogP contribution in [-0.2, 0) is 0 Å². The van der Waals surface area contributed by atoms with E-state index in [-0.39, 0.29) is 11.3 Å². The number of hydrogen-bond donors (Lipinski definition) is 1. The van der Waals surface area contributed by atoms with Crippen LogP contribution in [0.3, 0.4) is 0 Å². The SMILES string of the molecule is CNC1(CC(=O)c2cncc3ccccc23)CCCCC1. The Balaban J connectivity index is 1.90. The second-order valence-electron chi connectivity index (χ2n) is 6.10. The standard InChI is InChI=1S/C18H22N2O/c1-19-18(9-5-2-6-10-18)11-17(21)16-13-20-12-14-7-3-4-8-15(14)16/h3-4,7-8,12-13,19H,2,5-6,9-11H2,1H3. The molecule has 1 heterocycles. The van der Waals surface area contributed by atoms with Crippen LogP contribution in [-0.4, -0.2) is 23.4 Å². The molecule has 3 rings (SSSR count). The van der Waals surface area contributed by atoms with Crippen LogP contribution >= 0.6 is 0 Å². The highest BCUT2D eigenvalue weighted by atomic mass is 16.1. The summed E-state index contributed by atoms with van der Waals surface area (Å²) in [6.45, 7) is 0. The zero-order valence-electron chi connectivity index (χ0n) is 12.6. The summed E-state index contributed by atoms with van der Waals surface area (Å²) in [5.74, 6) is 0.204. The summed E-state index contributed by atoms with van der Waals surface area (Å²) in [6.07, 6.45) is 9.99. The summed E-state index contributed by atoms with van der Waals surface area (Å²) in [6, 6.07) is 7.98. The van der Waals surface area contributed by atoms with Crippen molar-refractivity contribution in [2.24, 2.45) is 0 Å². The molecule has 3 heteroatoms. The number of carbonyl (C=O) groups excluding carboxylic acids is 1. The first-order valence-corrected chi connectivity index (χ1v) is 7.79. The second-order valence-corrected chi connectivity index (χ2v) is 6.10. The van der Waals surface area contributed by atoms with E-state index in [0.29, 0.717) is 6.42 Å². The van der Waals surface area contributed by atoms with Gasteiger partial charge in [-0.1, -0.05) is 43.5 Å². The lowest BCUT2D eigenvalue weighted by molar-refractivity contribution is 0.0916. The number of rotatable bonds is 4. The highest BCUT2D eigenvalue weighted by Crippen LogP contribution is 2.32. The van der Waals surface area contributed by atoms with Crippen LogP contribution in [0.15, 0.2) is 36.7 Å². The normalized spacial score (nSPS) is 17.8. The van der Waals surface area contributed by atoms with E-state index in [2.05, 4.69) is 10.3 Å². The average Bonchev–Trinajstić information content (AvgIpc) is 2.55. The van der Waals surface area contributed by atoms with E-state index in [1.807, 2.05) is 37.5 Å². The van der Waals surface area contributed by atoms with Crippen molar-refractivity contribution in [3.63, 3.8) is 0 Å². The van der Waals surface area contributed by atoms with Gasteiger partial charge in [-0.3, -0.25) is 9.78 Å². The Morgan fingerprint density at radius 1 is 1.19 bits per heavy atom. The monoisotopic (exact) mass is 282 g/mol. The molecule has 0 unspecified atom stereocenters.